The average Bonchev–Trinajstić information content (AvgIpc) is 2.54. The number of rotatable bonds is 5. The third-order valence-electron chi connectivity index (χ3n) is 3.46. The van der Waals surface area contributed by atoms with Gasteiger partial charge in [-0.15, -0.1) is 0 Å². The summed E-state index contributed by atoms with van der Waals surface area (Å²) >= 11 is 0. The number of ether oxygens (including phenoxy) is 1. The zero-order valence-electron chi connectivity index (χ0n) is 12.5. The van der Waals surface area contributed by atoms with Crippen LogP contribution in [0.2, 0.25) is 0 Å². The summed E-state index contributed by atoms with van der Waals surface area (Å²) in [6.07, 6.45) is 0. The highest BCUT2D eigenvalue weighted by molar-refractivity contribution is 5.96. The number of carbonyl (C=O) groups is 1. The number of anilines is 2. The summed E-state index contributed by atoms with van der Waals surface area (Å²) in [4.78, 5) is 14.3. The standard InChI is InChI=1S/C17H20N2O2/c1-13(19(2)15-9-5-4-6-10-15)17(20)18-14-8-7-11-16(12-14)21-3/h4-13H,1-3H3,(H,18,20)/t13-/m0/s1. The van der Waals surface area contributed by atoms with Crippen LogP contribution in [0.25, 0.3) is 0 Å². The van der Waals surface area contributed by atoms with Gasteiger partial charge in [0, 0.05) is 24.5 Å². The van der Waals surface area contributed by atoms with Crippen LogP contribution in [0.1, 0.15) is 6.92 Å². The topological polar surface area (TPSA) is 41.6 Å². The molecule has 4 heteroatoms. The van der Waals surface area contributed by atoms with Gasteiger partial charge < -0.3 is 15.0 Å². The van der Waals surface area contributed by atoms with Crippen LogP contribution in [0, 0.1) is 0 Å². The summed E-state index contributed by atoms with van der Waals surface area (Å²) in [7, 11) is 3.51. The second-order valence-corrected chi connectivity index (χ2v) is 4.84. The molecule has 0 aliphatic carbocycles. The van der Waals surface area contributed by atoms with Gasteiger partial charge in [-0.1, -0.05) is 24.3 Å². The lowest BCUT2D eigenvalue weighted by atomic mass is 10.2. The van der Waals surface area contributed by atoms with E-state index in [1.54, 1.807) is 13.2 Å². The molecule has 4 nitrogen and oxygen atoms in total. The lowest BCUT2D eigenvalue weighted by Crippen LogP contribution is -2.39. The SMILES string of the molecule is COc1cccc(NC(=O)[C@H](C)N(C)c2ccccc2)c1. The Hall–Kier alpha value is -2.49. The van der Waals surface area contributed by atoms with Gasteiger partial charge in [-0.25, -0.2) is 0 Å². The average molecular weight is 284 g/mol. The number of benzene rings is 2. The Balaban J connectivity index is 2.05. The smallest absolute Gasteiger partial charge is 0.246 e. The molecule has 0 aliphatic heterocycles. The molecule has 1 N–H and O–H groups in total. The first kappa shape index (κ1) is 14.9. The molecule has 2 aromatic rings. The van der Waals surface area contributed by atoms with Crippen molar-refractivity contribution in [3.05, 3.63) is 54.6 Å². The molecule has 110 valence electrons. The number of para-hydroxylation sites is 1. The van der Waals surface area contributed by atoms with Crippen molar-refractivity contribution in [2.24, 2.45) is 0 Å². The van der Waals surface area contributed by atoms with E-state index in [2.05, 4.69) is 5.32 Å². The second-order valence-electron chi connectivity index (χ2n) is 4.84. The van der Waals surface area contributed by atoms with Crippen LogP contribution >= 0.6 is 0 Å². The molecule has 1 amide bonds. The maximum atomic E-state index is 12.3. The molecule has 0 fully saturated rings. The molecule has 0 heterocycles. The number of hydrogen-bond acceptors (Lipinski definition) is 3. The van der Waals surface area contributed by atoms with Gasteiger partial charge in [-0.05, 0) is 31.2 Å². The van der Waals surface area contributed by atoms with Crippen LogP contribution < -0.4 is 15.0 Å². The zero-order chi connectivity index (χ0) is 15.2. The maximum absolute atomic E-state index is 12.3. The van der Waals surface area contributed by atoms with Gasteiger partial charge in [-0.2, -0.15) is 0 Å². The summed E-state index contributed by atoms with van der Waals surface area (Å²) in [5, 5.41) is 2.91. The molecule has 0 saturated carbocycles. The molecule has 0 bridgehead atoms. The highest BCUT2D eigenvalue weighted by atomic mass is 16.5. The van der Waals surface area contributed by atoms with E-state index in [0.29, 0.717) is 0 Å². The molecule has 0 aliphatic rings. The summed E-state index contributed by atoms with van der Waals surface area (Å²) in [5.74, 6) is 0.659. The summed E-state index contributed by atoms with van der Waals surface area (Å²) in [6, 6.07) is 16.9. The van der Waals surface area contributed by atoms with E-state index in [1.165, 1.54) is 0 Å². The van der Waals surface area contributed by atoms with Crippen molar-refractivity contribution in [2.45, 2.75) is 13.0 Å². The van der Waals surface area contributed by atoms with E-state index >= 15 is 0 Å². The maximum Gasteiger partial charge on any atom is 0.246 e. The van der Waals surface area contributed by atoms with Crippen molar-refractivity contribution < 1.29 is 9.53 Å². The van der Waals surface area contributed by atoms with Gasteiger partial charge in [0.25, 0.3) is 0 Å². The molecule has 2 rings (SSSR count). The normalized spacial score (nSPS) is 11.6. The fourth-order valence-electron chi connectivity index (χ4n) is 2.01. The number of amides is 1. The predicted molar refractivity (Wildman–Crippen MR) is 85.9 cm³/mol. The van der Waals surface area contributed by atoms with Gasteiger partial charge >= 0.3 is 0 Å². The van der Waals surface area contributed by atoms with Gasteiger partial charge in [-0.3, -0.25) is 4.79 Å². The summed E-state index contributed by atoms with van der Waals surface area (Å²) < 4.78 is 5.15. The molecule has 0 unspecified atom stereocenters. The minimum absolute atomic E-state index is 0.0605. The molecule has 0 aromatic heterocycles. The van der Waals surface area contributed by atoms with E-state index < -0.39 is 0 Å². The third kappa shape index (κ3) is 3.75. The summed E-state index contributed by atoms with van der Waals surface area (Å²) in [5.41, 5.74) is 1.73. The Morgan fingerprint density at radius 1 is 1.14 bits per heavy atom. The van der Waals surface area contributed by atoms with Crippen LogP contribution in [-0.4, -0.2) is 26.1 Å². The van der Waals surface area contributed by atoms with Crippen molar-refractivity contribution in [1.82, 2.24) is 0 Å². The number of likely N-dealkylation sites (N-methyl/N-ethyl adjacent to an activating group) is 1. The van der Waals surface area contributed by atoms with E-state index in [0.717, 1.165) is 17.1 Å². The fraction of sp³-hybridized carbons (Fsp3) is 0.235. The van der Waals surface area contributed by atoms with Crippen LogP contribution in [-0.2, 0) is 4.79 Å². The monoisotopic (exact) mass is 284 g/mol. The number of methoxy groups -OCH3 is 1. The largest absolute Gasteiger partial charge is 0.497 e. The molecule has 1 atom stereocenters. The van der Waals surface area contributed by atoms with Crippen molar-refractivity contribution in [2.75, 3.05) is 24.4 Å². The number of nitrogens with one attached hydrogen (secondary N) is 1. The van der Waals surface area contributed by atoms with E-state index in [1.807, 2.05) is 67.4 Å². The van der Waals surface area contributed by atoms with Gasteiger partial charge in [0.15, 0.2) is 0 Å². The van der Waals surface area contributed by atoms with Crippen molar-refractivity contribution in [3.63, 3.8) is 0 Å². The molecular formula is C17H20N2O2. The van der Waals surface area contributed by atoms with Crippen molar-refractivity contribution in [3.8, 4) is 5.75 Å². The molecule has 0 radical (unpaired) electrons. The fourth-order valence-corrected chi connectivity index (χ4v) is 2.01. The Kier molecular flexibility index (Phi) is 4.82. The van der Waals surface area contributed by atoms with Crippen LogP contribution in [0.5, 0.6) is 5.75 Å². The zero-order valence-corrected chi connectivity index (χ0v) is 12.5. The van der Waals surface area contributed by atoms with Crippen LogP contribution in [0.15, 0.2) is 54.6 Å². The molecule has 0 saturated heterocycles. The Morgan fingerprint density at radius 3 is 2.52 bits per heavy atom. The third-order valence-corrected chi connectivity index (χ3v) is 3.46. The molecule has 0 spiro atoms. The molecule has 21 heavy (non-hydrogen) atoms. The highest BCUT2D eigenvalue weighted by Gasteiger charge is 2.18. The molecular weight excluding hydrogens is 264 g/mol. The van der Waals surface area contributed by atoms with Crippen molar-refractivity contribution >= 4 is 17.3 Å². The summed E-state index contributed by atoms with van der Waals surface area (Å²) in [6.45, 7) is 1.88. The van der Waals surface area contributed by atoms with Crippen molar-refractivity contribution in [1.29, 1.82) is 0 Å². The second kappa shape index (κ2) is 6.79. The van der Waals surface area contributed by atoms with E-state index in [-0.39, 0.29) is 11.9 Å². The molecule has 2 aromatic carbocycles. The van der Waals surface area contributed by atoms with Gasteiger partial charge in [0.2, 0.25) is 5.91 Å². The lowest BCUT2D eigenvalue weighted by molar-refractivity contribution is -0.117. The number of nitrogens with zero attached hydrogens (tertiary/aromatic N) is 1. The first-order chi connectivity index (χ1) is 10.1. The van der Waals surface area contributed by atoms with Crippen LogP contribution in [0.3, 0.4) is 0 Å². The Labute approximate surface area is 125 Å². The number of hydrogen-bond donors (Lipinski definition) is 1. The van der Waals surface area contributed by atoms with E-state index in [4.69, 9.17) is 4.74 Å². The Morgan fingerprint density at radius 2 is 1.86 bits per heavy atom. The van der Waals surface area contributed by atoms with Gasteiger partial charge in [0.1, 0.15) is 11.8 Å². The van der Waals surface area contributed by atoms with Gasteiger partial charge in [0.05, 0.1) is 7.11 Å². The quantitative estimate of drug-likeness (QED) is 0.917. The Bertz CT molecular complexity index is 599. The minimum Gasteiger partial charge on any atom is -0.497 e. The number of carbonyl (C=O) groups excluding carboxylic acids is 1. The van der Waals surface area contributed by atoms with E-state index in [9.17, 15) is 4.79 Å². The first-order valence-corrected chi connectivity index (χ1v) is 6.84. The predicted octanol–water partition coefficient (Wildman–Crippen LogP) is 3.16. The minimum atomic E-state index is -0.279. The first-order valence-electron chi connectivity index (χ1n) is 6.84. The highest BCUT2D eigenvalue weighted by Crippen LogP contribution is 2.18. The lowest BCUT2D eigenvalue weighted by Gasteiger charge is -2.26. The van der Waals surface area contributed by atoms with Crippen LogP contribution in [0.4, 0.5) is 11.4 Å².